The normalized spacial score (nSPS) is 9.88. The van der Waals surface area contributed by atoms with Crippen molar-refractivity contribution in [3.8, 4) is 11.5 Å². The molecule has 0 aliphatic heterocycles. The van der Waals surface area contributed by atoms with Crippen LogP contribution >= 0.6 is 0 Å². The molecule has 0 amide bonds. The van der Waals surface area contributed by atoms with E-state index in [4.69, 9.17) is 9.47 Å². The second-order valence-electron chi connectivity index (χ2n) is 2.89. The zero-order valence-electron chi connectivity index (χ0n) is 8.62. The minimum Gasteiger partial charge on any atom is -0.491 e. The maximum absolute atomic E-state index is 11.9. The first-order valence-electron chi connectivity index (χ1n) is 4.78. The van der Waals surface area contributed by atoms with E-state index in [1.54, 1.807) is 0 Å². The van der Waals surface area contributed by atoms with Gasteiger partial charge < -0.3 is 9.47 Å². The fourth-order valence-electron chi connectivity index (χ4n) is 1.13. The van der Waals surface area contributed by atoms with Gasteiger partial charge in [-0.25, -0.2) is 8.78 Å². The Hall–Kier alpha value is -1.65. The summed E-state index contributed by atoms with van der Waals surface area (Å²) in [6, 6.07) is 4.45. The zero-order chi connectivity index (χ0) is 11.8. The van der Waals surface area contributed by atoms with Crippen molar-refractivity contribution in [1.82, 2.24) is 0 Å². The van der Waals surface area contributed by atoms with Gasteiger partial charge in [0.15, 0.2) is 6.29 Å². The number of ether oxygens (including phenoxy) is 2. The molecule has 0 saturated carbocycles. The van der Waals surface area contributed by atoms with E-state index < -0.39 is 13.3 Å². The molecule has 1 aromatic carbocycles. The predicted molar refractivity (Wildman–Crippen MR) is 54.8 cm³/mol. The molecule has 1 rings (SSSR count). The highest BCUT2D eigenvalue weighted by molar-refractivity contribution is 5.79. The third-order valence-corrected chi connectivity index (χ3v) is 1.79. The minimum atomic E-state index is -0.645. The molecule has 0 spiro atoms. The van der Waals surface area contributed by atoms with Gasteiger partial charge in [0.25, 0.3) is 0 Å². The van der Waals surface area contributed by atoms with Gasteiger partial charge in [-0.2, -0.15) is 0 Å². The SMILES string of the molecule is O=Cc1ccc(OCCF)cc1OCCF. The maximum atomic E-state index is 11.9. The van der Waals surface area contributed by atoms with Gasteiger partial charge in [0.05, 0.1) is 5.56 Å². The van der Waals surface area contributed by atoms with E-state index in [-0.39, 0.29) is 19.0 Å². The van der Waals surface area contributed by atoms with Gasteiger partial charge in [-0.15, -0.1) is 0 Å². The second kappa shape index (κ2) is 6.76. The van der Waals surface area contributed by atoms with E-state index in [9.17, 15) is 13.6 Å². The molecule has 0 bridgehead atoms. The molecule has 88 valence electrons. The highest BCUT2D eigenvalue weighted by Gasteiger charge is 2.05. The Kier molecular flexibility index (Phi) is 5.25. The molecule has 0 aliphatic carbocycles. The maximum Gasteiger partial charge on any atom is 0.153 e. The Morgan fingerprint density at radius 3 is 2.44 bits per heavy atom. The first-order valence-corrected chi connectivity index (χ1v) is 4.78. The van der Waals surface area contributed by atoms with Gasteiger partial charge >= 0.3 is 0 Å². The van der Waals surface area contributed by atoms with Gasteiger partial charge in [-0.3, -0.25) is 4.79 Å². The Balaban J connectivity index is 2.78. The first-order chi connectivity index (χ1) is 7.81. The van der Waals surface area contributed by atoms with E-state index >= 15 is 0 Å². The van der Waals surface area contributed by atoms with Crippen LogP contribution in [0.5, 0.6) is 11.5 Å². The third kappa shape index (κ3) is 3.49. The van der Waals surface area contributed by atoms with Gasteiger partial charge in [-0.05, 0) is 12.1 Å². The summed E-state index contributed by atoms with van der Waals surface area (Å²) >= 11 is 0. The Morgan fingerprint density at radius 1 is 1.12 bits per heavy atom. The van der Waals surface area contributed by atoms with Crippen molar-refractivity contribution < 1.29 is 23.0 Å². The number of carbonyl (C=O) groups excluding carboxylic acids is 1. The van der Waals surface area contributed by atoms with E-state index in [2.05, 4.69) is 0 Å². The summed E-state index contributed by atoms with van der Waals surface area (Å²) in [7, 11) is 0. The fraction of sp³-hybridized carbons (Fsp3) is 0.364. The molecule has 0 aliphatic rings. The largest absolute Gasteiger partial charge is 0.491 e. The van der Waals surface area contributed by atoms with Crippen molar-refractivity contribution in [2.45, 2.75) is 0 Å². The number of hydrogen-bond donors (Lipinski definition) is 0. The summed E-state index contributed by atoms with van der Waals surface area (Å²) in [5.41, 5.74) is 0.307. The lowest BCUT2D eigenvalue weighted by Crippen LogP contribution is -2.03. The number of halogens is 2. The van der Waals surface area contributed by atoms with Crippen LogP contribution in [0.15, 0.2) is 18.2 Å². The number of hydrogen-bond acceptors (Lipinski definition) is 3. The molecule has 0 aromatic heterocycles. The molecule has 0 radical (unpaired) electrons. The van der Waals surface area contributed by atoms with Gasteiger partial charge in [0.1, 0.15) is 38.1 Å². The number of aldehydes is 1. The van der Waals surface area contributed by atoms with Crippen molar-refractivity contribution in [3.63, 3.8) is 0 Å². The standard InChI is InChI=1S/C11H12F2O3/c12-3-5-15-10-2-1-9(8-14)11(7-10)16-6-4-13/h1-2,7-8H,3-6H2. The molecule has 0 N–H and O–H groups in total. The number of rotatable bonds is 7. The fourth-order valence-corrected chi connectivity index (χ4v) is 1.13. The summed E-state index contributed by atoms with van der Waals surface area (Å²) in [5, 5.41) is 0. The predicted octanol–water partition coefficient (Wildman–Crippen LogP) is 2.20. The number of carbonyl (C=O) groups is 1. The van der Waals surface area contributed by atoms with Crippen molar-refractivity contribution in [2.75, 3.05) is 26.6 Å². The molecule has 3 nitrogen and oxygen atoms in total. The summed E-state index contributed by atoms with van der Waals surface area (Å²) in [4.78, 5) is 10.6. The molecule has 0 unspecified atom stereocenters. The first kappa shape index (κ1) is 12.4. The summed E-state index contributed by atoms with van der Waals surface area (Å²) in [6.07, 6.45) is 0.604. The molecular formula is C11H12F2O3. The number of benzene rings is 1. The summed E-state index contributed by atoms with van der Waals surface area (Å²) in [5.74, 6) is 0.626. The lowest BCUT2D eigenvalue weighted by Gasteiger charge is -2.09. The van der Waals surface area contributed by atoms with Crippen LogP contribution in [0.1, 0.15) is 10.4 Å². The molecule has 0 fully saturated rings. The van der Waals surface area contributed by atoms with Gasteiger partial charge in [0, 0.05) is 6.07 Å². The lowest BCUT2D eigenvalue weighted by atomic mass is 10.2. The van der Waals surface area contributed by atoms with Crippen molar-refractivity contribution in [2.24, 2.45) is 0 Å². The second-order valence-corrected chi connectivity index (χ2v) is 2.89. The van der Waals surface area contributed by atoms with Crippen molar-refractivity contribution in [1.29, 1.82) is 0 Å². The van der Waals surface area contributed by atoms with Crippen LogP contribution in [0.3, 0.4) is 0 Å². The van der Waals surface area contributed by atoms with Gasteiger partial charge in [0.2, 0.25) is 0 Å². The Labute approximate surface area is 92.0 Å². The third-order valence-electron chi connectivity index (χ3n) is 1.79. The van der Waals surface area contributed by atoms with E-state index in [0.29, 0.717) is 17.6 Å². The van der Waals surface area contributed by atoms with E-state index in [1.165, 1.54) is 18.2 Å². The van der Waals surface area contributed by atoms with Crippen LogP contribution < -0.4 is 9.47 Å². The van der Waals surface area contributed by atoms with E-state index in [0.717, 1.165) is 0 Å². The molecule has 1 aromatic rings. The van der Waals surface area contributed by atoms with Crippen molar-refractivity contribution >= 4 is 6.29 Å². The Bertz CT molecular complexity index is 342. The molecular weight excluding hydrogens is 218 g/mol. The average Bonchev–Trinajstić information content (AvgIpc) is 2.33. The van der Waals surface area contributed by atoms with E-state index in [1.807, 2.05) is 0 Å². The van der Waals surface area contributed by atoms with Crippen LogP contribution in [0.2, 0.25) is 0 Å². The number of alkyl halides is 2. The molecule has 16 heavy (non-hydrogen) atoms. The smallest absolute Gasteiger partial charge is 0.153 e. The van der Waals surface area contributed by atoms with Crippen LogP contribution in [0.25, 0.3) is 0 Å². The monoisotopic (exact) mass is 230 g/mol. The van der Waals surface area contributed by atoms with Crippen LogP contribution in [-0.4, -0.2) is 32.8 Å². The average molecular weight is 230 g/mol. The quantitative estimate of drug-likeness (QED) is 0.673. The summed E-state index contributed by atoms with van der Waals surface area (Å²) in [6.45, 7) is -1.44. The summed E-state index contributed by atoms with van der Waals surface area (Å²) < 4.78 is 33.8. The topological polar surface area (TPSA) is 35.5 Å². The van der Waals surface area contributed by atoms with Gasteiger partial charge in [-0.1, -0.05) is 0 Å². The zero-order valence-corrected chi connectivity index (χ0v) is 8.62. The molecule has 5 heteroatoms. The molecule has 0 atom stereocenters. The molecule has 0 heterocycles. The molecule has 0 saturated heterocycles. The van der Waals surface area contributed by atoms with Crippen LogP contribution in [-0.2, 0) is 0 Å². The highest BCUT2D eigenvalue weighted by Crippen LogP contribution is 2.23. The highest BCUT2D eigenvalue weighted by atomic mass is 19.1. The van der Waals surface area contributed by atoms with Crippen molar-refractivity contribution in [3.05, 3.63) is 23.8 Å². The van der Waals surface area contributed by atoms with Crippen LogP contribution in [0, 0.1) is 0 Å². The minimum absolute atomic E-state index is 0.0665. The van der Waals surface area contributed by atoms with Crippen LogP contribution in [0.4, 0.5) is 8.78 Å². The Morgan fingerprint density at radius 2 is 1.81 bits per heavy atom. The lowest BCUT2D eigenvalue weighted by molar-refractivity contribution is 0.111.